The number of ketones is 2. The summed E-state index contributed by atoms with van der Waals surface area (Å²) in [5, 5.41) is 49.3. The second kappa shape index (κ2) is 8.10. The zero-order valence-corrected chi connectivity index (χ0v) is 17.9. The number of carboxylic acids is 2. The van der Waals surface area contributed by atoms with Crippen LogP contribution in [0.1, 0.15) is 48.6 Å². The third-order valence-electron chi connectivity index (χ3n) is 4.96. The highest BCUT2D eigenvalue weighted by Gasteiger charge is 2.40. The van der Waals surface area contributed by atoms with E-state index in [0.29, 0.717) is 0 Å². The molecule has 174 valence electrons. The van der Waals surface area contributed by atoms with Gasteiger partial charge in [0.1, 0.15) is 35.1 Å². The number of quaternary nitrogens is 1. The smallest absolute Gasteiger partial charge is 0.339 e. The van der Waals surface area contributed by atoms with Crippen molar-refractivity contribution in [1.82, 2.24) is 0 Å². The van der Waals surface area contributed by atoms with E-state index in [-0.39, 0.29) is 11.0 Å². The number of phenols is 3. The maximum atomic E-state index is 13.3. The highest BCUT2D eigenvalue weighted by atomic mass is 16.5. The van der Waals surface area contributed by atoms with Crippen LogP contribution >= 0.6 is 0 Å². The summed E-state index contributed by atoms with van der Waals surface area (Å²) in [6.45, 7) is 0.0985. The second-order valence-corrected chi connectivity index (χ2v) is 8.68. The first kappa shape index (κ1) is 23.5. The number of likely N-dealkylation sites (N-methyl/N-ethyl adjacent to an activating group) is 1. The van der Waals surface area contributed by atoms with Gasteiger partial charge in [0.15, 0.2) is 11.9 Å². The Morgan fingerprint density at radius 3 is 2.06 bits per heavy atom. The molecule has 0 unspecified atom stereocenters. The predicted octanol–water partition coefficient (Wildman–Crippen LogP) is 1.21. The van der Waals surface area contributed by atoms with Crippen molar-refractivity contribution >= 4 is 23.5 Å². The minimum Gasteiger partial charge on any atom is -0.508 e. The number of benzene rings is 2. The number of hydrogen-bond donors (Lipinski definition) is 5. The molecule has 5 N–H and O–H groups in total. The fourth-order valence-electron chi connectivity index (χ4n) is 3.78. The number of carboxylic acid groups (broad SMARTS) is 2. The van der Waals surface area contributed by atoms with Crippen molar-refractivity contribution in [2.45, 2.75) is 12.5 Å². The summed E-state index contributed by atoms with van der Waals surface area (Å²) in [7, 11) is 5.25. The number of aliphatic carboxylic acids is 1. The molecular weight excluding hydrogens is 438 g/mol. The van der Waals surface area contributed by atoms with E-state index in [0.717, 1.165) is 18.2 Å². The fourth-order valence-corrected chi connectivity index (χ4v) is 3.78. The zero-order valence-electron chi connectivity index (χ0n) is 17.9. The van der Waals surface area contributed by atoms with Crippen molar-refractivity contribution < 1.29 is 53.9 Å². The van der Waals surface area contributed by atoms with E-state index >= 15 is 0 Å². The van der Waals surface area contributed by atoms with Crippen molar-refractivity contribution in [3.8, 4) is 23.0 Å². The van der Waals surface area contributed by atoms with Gasteiger partial charge in [-0.05, 0) is 12.1 Å². The summed E-state index contributed by atoms with van der Waals surface area (Å²) in [6.07, 6.45) is -1.64. The molecule has 2 aromatic carbocycles. The van der Waals surface area contributed by atoms with Gasteiger partial charge >= 0.3 is 11.9 Å². The van der Waals surface area contributed by atoms with Gasteiger partial charge in [-0.15, -0.1) is 0 Å². The van der Waals surface area contributed by atoms with Crippen LogP contribution in [0.4, 0.5) is 0 Å². The van der Waals surface area contributed by atoms with Crippen molar-refractivity contribution in [1.29, 1.82) is 0 Å². The molecule has 0 radical (unpaired) electrons. The number of fused-ring (bicyclic) bond motifs is 2. The summed E-state index contributed by atoms with van der Waals surface area (Å²) < 4.78 is 5.99. The molecule has 0 aromatic heterocycles. The number of rotatable bonds is 7. The maximum absolute atomic E-state index is 13.3. The Morgan fingerprint density at radius 2 is 1.52 bits per heavy atom. The Bertz CT molecular complexity index is 1210. The van der Waals surface area contributed by atoms with Crippen LogP contribution in [-0.2, 0) is 4.79 Å². The number of carbonyl (C=O) groups is 4. The zero-order chi connectivity index (χ0) is 24.8. The summed E-state index contributed by atoms with van der Waals surface area (Å²) in [4.78, 5) is 49.7. The molecule has 1 aliphatic rings. The largest absolute Gasteiger partial charge is 0.508 e. The number of carbonyl (C=O) groups excluding carboxylic acids is 2. The van der Waals surface area contributed by atoms with E-state index < -0.39 is 86.8 Å². The van der Waals surface area contributed by atoms with Crippen LogP contribution in [-0.4, -0.2) is 87.3 Å². The average molecular weight is 460 g/mol. The Balaban J connectivity index is 2.29. The van der Waals surface area contributed by atoms with Gasteiger partial charge in [-0.2, -0.15) is 0 Å². The van der Waals surface area contributed by atoms with Crippen molar-refractivity contribution in [3.05, 3.63) is 46.0 Å². The molecule has 0 aliphatic heterocycles. The van der Waals surface area contributed by atoms with E-state index in [1.54, 1.807) is 21.1 Å². The lowest BCUT2D eigenvalue weighted by atomic mass is 9.81. The van der Waals surface area contributed by atoms with E-state index in [4.69, 9.17) is 4.74 Å². The van der Waals surface area contributed by atoms with Gasteiger partial charge in [-0.25, -0.2) is 4.79 Å². The standard InChI is InChI=1S/C22H21NO10/c1-23(2,3)8-10(6-15(27)28)33-21-12(22(31)32)7-14(26)17-18(21)19(29)11-4-9(24)5-13(25)16(11)20(17)30/h4-5,7,10H,6,8H2,1-3H3,(H4-,24,25,26,27,28,30,31,32)/p+1/t10-/m1/s1. The number of nitrogens with zero attached hydrogens (tertiary/aromatic N) is 1. The lowest BCUT2D eigenvalue weighted by Crippen LogP contribution is -2.44. The van der Waals surface area contributed by atoms with Gasteiger partial charge in [0.05, 0.1) is 44.3 Å². The number of aromatic carboxylic acids is 1. The highest BCUT2D eigenvalue weighted by molar-refractivity contribution is 6.31. The molecule has 0 bridgehead atoms. The van der Waals surface area contributed by atoms with E-state index in [1.165, 1.54) is 0 Å². The Labute approximate surface area is 187 Å². The molecule has 1 aliphatic carbocycles. The van der Waals surface area contributed by atoms with Crippen molar-refractivity contribution in [3.63, 3.8) is 0 Å². The number of hydrogen-bond acceptors (Lipinski definition) is 8. The van der Waals surface area contributed by atoms with Crippen LogP contribution in [0.15, 0.2) is 18.2 Å². The molecular formula is C22H22NO10+. The highest BCUT2D eigenvalue weighted by Crippen LogP contribution is 2.44. The first-order chi connectivity index (χ1) is 15.2. The molecule has 0 heterocycles. The van der Waals surface area contributed by atoms with Gasteiger partial charge in [0.2, 0.25) is 5.78 Å². The molecule has 0 saturated carbocycles. The molecule has 11 nitrogen and oxygen atoms in total. The van der Waals surface area contributed by atoms with Gasteiger partial charge in [-0.1, -0.05) is 0 Å². The second-order valence-electron chi connectivity index (χ2n) is 8.68. The Morgan fingerprint density at radius 1 is 0.909 bits per heavy atom. The molecule has 1 atom stereocenters. The molecule has 33 heavy (non-hydrogen) atoms. The number of ether oxygens (including phenoxy) is 1. The fraction of sp³-hybridized carbons (Fsp3) is 0.273. The van der Waals surface area contributed by atoms with Crippen LogP contribution in [0.5, 0.6) is 23.0 Å². The lowest BCUT2D eigenvalue weighted by molar-refractivity contribution is -0.873. The summed E-state index contributed by atoms with van der Waals surface area (Å²) in [6, 6.07) is 2.50. The molecule has 3 rings (SSSR count). The Hall–Kier alpha value is -4.12. The quantitative estimate of drug-likeness (QED) is 0.322. The molecule has 2 aromatic rings. The first-order valence-electron chi connectivity index (χ1n) is 9.68. The topological polar surface area (TPSA) is 179 Å². The molecule has 0 saturated heterocycles. The van der Waals surface area contributed by atoms with Crippen LogP contribution in [0.2, 0.25) is 0 Å². The monoisotopic (exact) mass is 460 g/mol. The first-order valence-corrected chi connectivity index (χ1v) is 9.68. The van der Waals surface area contributed by atoms with Gasteiger partial charge in [-0.3, -0.25) is 14.4 Å². The van der Waals surface area contributed by atoms with Crippen molar-refractivity contribution in [2.24, 2.45) is 0 Å². The Kier molecular flexibility index (Phi) is 5.78. The summed E-state index contributed by atoms with van der Waals surface area (Å²) >= 11 is 0. The normalized spacial score (nSPS) is 13.8. The number of aromatic hydroxyl groups is 3. The van der Waals surface area contributed by atoms with E-state index in [2.05, 4.69) is 0 Å². The summed E-state index contributed by atoms with van der Waals surface area (Å²) in [5.74, 6) is -7.43. The minimum atomic E-state index is -1.59. The average Bonchev–Trinajstić information content (AvgIpc) is 2.64. The van der Waals surface area contributed by atoms with Crippen LogP contribution in [0.25, 0.3) is 0 Å². The van der Waals surface area contributed by atoms with Crippen LogP contribution in [0, 0.1) is 0 Å². The third kappa shape index (κ3) is 4.44. The third-order valence-corrected chi connectivity index (χ3v) is 4.96. The predicted molar refractivity (Wildman–Crippen MR) is 111 cm³/mol. The van der Waals surface area contributed by atoms with E-state index in [9.17, 15) is 44.7 Å². The van der Waals surface area contributed by atoms with Crippen LogP contribution < -0.4 is 4.74 Å². The molecule has 0 amide bonds. The maximum Gasteiger partial charge on any atom is 0.339 e. The van der Waals surface area contributed by atoms with Gasteiger partial charge in [0, 0.05) is 11.6 Å². The van der Waals surface area contributed by atoms with Crippen LogP contribution in [0.3, 0.4) is 0 Å². The van der Waals surface area contributed by atoms with E-state index in [1.807, 2.05) is 0 Å². The molecule has 11 heteroatoms. The minimum absolute atomic E-state index is 0.0985. The summed E-state index contributed by atoms with van der Waals surface area (Å²) in [5.41, 5.74) is -2.72. The molecule has 0 fully saturated rings. The molecule has 0 spiro atoms. The number of phenolic OH excluding ortho intramolecular Hbond substituents is 3. The van der Waals surface area contributed by atoms with Gasteiger partial charge < -0.3 is 34.8 Å². The SMILES string of the molecule is C[N+](C)(C)C[C@@H](CC(=O)O)Oc1c(C(=O)O)cc(O)c2c1C(=O)c1cc(O)cc(O)c1C2=O. The van der Waals surface area contributed by atoms with Gasteiger partial charge in [0.25, 0.3) is 0 Å². The lowest BCUT2D eigenvalue weighted by Gasteiger charge is -2.30. The van der Waals surface area contributed by atoms with Crippen molar-refractivity contribution in [2.75, 3.05) is 27.7 Å².